The fourth-order valence-corrected chi connectivity index (χ4v) is 3.77. The monoisotopic (exact) mass is 289 g/mol. The van der Waals surface area contributed by atoms with Crippen LogP contribution in [0.4, 0.5) is 0 Å². The lowest BCUT2D eigenvalue weighted by Crippen LogP contribution is -2.00. The van der Waals surface area contributed by atoms with Gasteiger partial charge in [-0.2, -0.15) is 0 Å². The second-order valence-corrected chi connectivity index (χ2v) is 6.71. The standard InChI is InChI=1S/C16H19NS2/c1-3-18-15-5-4-6-16(14(15)11-17)19-13-9-7-12(2)8-10-13/h4-10H,3,11,17H2,1-2H3. The molecule has 0 bridgehead atoms. The number of aryl methyl sites for hydroxylation is 1. The summed E-state index contributed by atoms with van der Waals surface area (Å²) in [6.07, 6.45) is 0. The Morgan fingerprint density at radius 3 is 2.32 bits per heavy atom. The average molecular weight is 289 g/mol. The van der Waals surface area contributed by atoms with Gasteiger partial charge in [-0.05, 0) is 42.5 Å². The minimum absolute atomic E-state index is 0.595. The SMILES string of the molecule is CCSc1cccc(Sc2ccc(C)cc2)c1CN. The van der Waals surface area contributed by atoms with Crippen LogP contribution < -0.4 is 5.73 Å². The molecule has 19 heavy (non-hydrogen) atoms. The van der Waals surface area contributed by atoms with Crippen LogP contribution in [-0.2, 0) is 6.54 Å². The van der Waals surface area contributed by atoms with E-state index in [2.05, 4.69) is 56.3 Å². The molecule has 2 aromatic carbocycles. The smallest absolute Gasteiger partial charge is 0.0200 e. The van der Waals surface area contributed by atoms with E-state index in [1.54, 1.807) is 11.8 Å². The number of nitrogens with two attached hydrogens (primary N) is 1. The second kappa shape index (κ2) is 7.04. The highest BCUT2D eigenvalue weighted by Gasteiger charge is 2.08. The second-order valence-electron chi connectivity index (χ2n) is 4.29. The largest absolute Gasteiger partial charge is 0.326 e. The third-order valence-electron chi connectivity index (χ3n) is 2.84. The van der Waals surface area contributed by atoms with Gasteiger partial charge >= 0.3 is 0 Å². The molecule has 100 valence electrons. The van der Waals surface area contributed by atoms with E-state index in [0.29, 0.717) is 6.54 Å². The third-order valence-corrected chi connectivity index (χ3v) is 4.94. The number of hydrogen-bond acceptors (Lipinski definition) is 3. The zero-order valence-electron chi connectivity index (χ0n) is 11.3. The van der Waals surface area contributed by atoms with Gasteiger partial charge in [0.15, 0.2) is 0 Å². The Kier molecular flexibility index (Phi) is 5.37. The van der Waals surface area contributed by atoms with Crippen molar-refractivity contribution < 1.29 is 0 Å². The van der Waals surface area contributed by atoms with Gasteiger partial charge in [0.1, 0.15) is 0 Å². The zero-order chi connectivity index (χ0) is 13.7. The van der Waals surface area contributed by atoms with Gasteiger partial charge < -0.3 is 5.73 Å². The molecule has 0 saturated carbocycles. The molecule has 0 saturated heterocycles. The Bertz CT molecular complexity index is 535. The van der Waals surface area contributed by atoms with Crippen LogP contribution in [0.15, 0.2) is 57.2 Å². The minimum Gasteiger partial charge on any atom is -0.326 e. The first-order valence-electron chi connectivity index (χ1n) is 6.44. The summed E-state index contributed by atoms with van der Waals surface area (Å²) in [5.41, 5.74) is 8.49. The molecular formula is C16H19NS2. The van der Waals surface area contributed by atoms with Gasteiger partial charge in [0.05, 0.1) is 0 Å². The maximum Gasteiger partial charge on any atom is 0.0200 e. The summed E-state index contributed by atoms with van der Waals surface area (Å²) < 4.78 is 0. The van der Waals surface area contributed by atoms with Crippen LogP contribution in [0, 0.1) is 6.92 Å². The van der Waals surface area contributed by atoms with Crippen molar-refractivity contribution in [1.29, 1.82) is 0 Å². The molecule has 0 spiro atoms. The van der Waals surface area contributed by atoms with E-state index in [1.165, 1.54) is 25.8 Å². The quantitative estimate of drug-likeness (QED) is 0.807. The van der Waals surface area contributed by atoms with Gasteiger partial charge in [-0.1, -0.05) is 42.4 Å². The van der Waals surface area contributed by atoms with E-state index in [4.69, 9.17) is 5.73 Å². The lowest BCUT2D eigenvalue weighted by atomic mass is 10.2. The first-order valence-corrected chi connectivity index (χ1v) is 8.24. The third kappa shape index (κ3) is 3.78. The zero-order valence-corrected chi connectivity index (χ0v) is 13.0. The van der Waals surface area contributed by atoms with Crippen molar-refractivity contribution in [2.75, 3.05) is 5.75 Å². The molecule has 2 aromatic rings. The first-order chi connectivity index (χ1) is 9.24. The molecule has 0 aliphatic carbocycles. The molecule has 0 heterocycles. The summed E-state index contributed by atoms with van der Waals surface area (Å²) in [6, 6.07) is 15.1. The maximum absolute atomic E-state index is 5.93. The number of benzene rings is 2. The highest BCUT2D eigenvalue weighted by Crippen LogP contribution is 2.35. The molecule has 3 heteroatoms. The molecule has 0 amide bonds. The molecule has 2 rings (SSSR count). The molecule has 0 aliphatic rings. The Balaban J connectivity index is 2.28. The average Bonchev–Trinajstić information content (AvgIpc) is 2.42. The molecule has 0 fully saturated rings. The lowest BCUT2D eigenvalue weighted by Gasteiger charge is -2.12. The van der Waals surface area contributed by atoms with Crippen molar-refractivity contribution in [1.82, 2.24) is 0 Å². The van der Waals surface area contributed by atoms with E-state index in [0.717, 1.165) is 5.75 Å². The Morgan fingerprint density at radius 2 is 1.68 bits per heavy atom. The first kappa shape index (κ1) is 14.5. The molecule has 0 atom stereocenters. The molecule has 0 aromatic heterocycles. The predicted molar refractivity (Wildman–Crippen MR) is 86.0 cm³/mol. The van der Waals surface area contributed by atoms with Gasteiger partial charge in [-0.3, -0.25) is 0 Å². The van der Waals surface area contributed by atoms with Crippen molar-refractivity contribution in [3.05, 3.63) is 53.6 Å². The van der Waals surface area contributed by atoms with Crippen LogP contribution >= 0.6 is 23.5 Å². The van der Waals surface area contributed by atoms with Crippen molar-refractivity contribution in [3.63, 3.8) is 0 Å². The summed E-state index contributed by atoms with van der Waals surface area (Å²) in [6.45, 7) is 4.88. The van der Waals surface area contributed by atoms with E-state index in [9.17, 15) is 0 Å². The lowest BCUT2D eigenvalue weighted by molar-refractivity contribution is 0.980. The van der Waals surface area contributed by atoms with Crippen LogP contribution in [0.25, 0.3) is 0 Å². The molecular weight excluding hydrogens is 270 g/mol. The molecule has 1 nitrogen and oxygen atoms in total. The van der Waals surface area contributed by atoms with Crippen molar-refractivity contribution in [3.8, 4) is 0 Å². The summed E-state index contributed by atoms with van der Waals surface area (Å²) in [7, 11) is 0. The summed E-state index contributed by atoms with van der Waals surface area (Å²) in [4.78, 5) is 3.84. The number of thioether (sulfide) groups is 1. The van der Waals surface area contributed by atoms with Crippen LogP contribution in [-0.4, -0.2) is 5.75 Å². The number of rotatable bonds is 5. The minimum atomic E-state index is 0.595. The normalized spacial score (nSPS) is 10.7. The highest BCUT2D eigenvalue weighted by atomic mass is 32.2. The summed E-state index contributed by atoms with van der Waals surface area (Å²) in [5, 5.41) is 0. The molecule has 0 radical (unpaired) electrons. The molecule has 2 N–H and O–H groups in total. The van der Waals surface area contributed by atoms with Gasteiger partial charge in [0, 0.05) is 21.2 Å². The van der Waals surface area contributed by atoms with Gasteiger partial charge in [-0.15, -0.1) is 11.8 Å². The van der Waals surface area contributed by atoms with Crippen LogP contribution in [0.1, 0.15) is 18.1 Å². The van der Waals surface area contributed by atoms with Crippen molar-refractivity contribution >= 4 is 23.5 Å². The van der Waals surface area contributed by atoms with E-state index >= 15 is 0 Å². The van der Waals surface area contributed by atoms with E-state index in [-0.39, 0.29) is 0 Å². The van der Waals surface area contributed by atoms with E-state index in [1.807, 2.05) is 11.8 Å². The summed E-state index contributed by atoms with van der Waals surface area (Å²) in [5.74, 6) is 1.08. The topological polar surface area (TPSA) is 26.0 Å². The van der Waals surface area contributed by atoms with Crippen LogP contribution in [0.5, 0.6) is 0 Å². The molecule has 0 aliphatic heterocycles. The van der Waals surface area contributed by atoms with Gasteiger partial charge in [0.2, 0.25) is 0 Å². The van der Waals surface area contributed by atoms with E-state index < -0.39 is 0 Å². The Morgan fingerprint density at radius 1 is 1.00 bits per heavy atom. The fourth-order valence-electron chi connectivity index (χ4n) is 1.87. The Labute approximate surface area is 124 Å². The highest BCUT2D eigenvalue weighted by molar-refractivity contribution is 8.00. The van der Waals surface area contributed by atoms with Crippen molar-refractivity contribution in [2.45, 2.75) is 35.1 Å². The fraction of sp³-hybridized carbons (Fsp3) is 0.250. The Hall–Kier alpha value is -0.900. The van der Waals surface area contributed by atoms with Crippen LogP contribution in [0.3, 0.4) is 0 Å². The van der Waals surface area contributed by atoms with Crippen molar-refractivity contribution in [2.24, 2.45) is 5.73 Å². The predicted octanol–water partition coefficient (Wildman–Crippen LogP) is 4.72. The maximum atomic E-state index is 5.93. The van der Waals surface area contributed by atoms with Crippen LogP contribution in [0.2, 0.25) is 0 Å². The van der Waals surface area contributed by atoms with Gasteiger partial charge in [-0.25, -0.2) is 0 Å². The number of hydrogen-bond donors (Lipinski definition) is 1. The summed E-state index contributed by atoms with van der Waals surface area (Å²) >= 11 is 3.65. The van der Waals surface area contributed by atoms with Gasteiger partial charge in [0.25, 0.3) is 0 Å². The molecule has 0 unspecified atom stereocenters.